The predicted octanol–water partition coefficient (Wildman–Crippen LogP) is 3.00. The van der Waals surface area contributed by atoms with Crippen molar-refractivity contribution in [3.63, 3.8) is 0 Å². The van der Waals surface area contributed by atoms with Crippen LogP contribution in [0.15, 0.2) is 13.2 Å². The average molecular weight is 158 g/mol. The smallest absolute Gasteiger partial charge is 0.0459 e. The fourth-order valence-electron chi connectivity index (χ4n) is 1.14. The molecule has 68 valence electrons. The lowest BCUT2D eigenvalue weighted by atomic mass is 10.00. The molecule has 0 aromatic heterocycles. The minimum absolute atomic E-state index is 0.377. The third-order valence-corrected chi connectivity index (χ3v) is 1.65. The van der Waals surface area contributed by atoms with E-state index < -0.39 is 0 Å². The molecular formula is C10H22O. The Morgan fingerprint density at radius 1 is 1.09 bits per heavy atom. The summed E-state index contributed by atoms with van der Waals surface area (Å²) in [6.45, 7) is 10.7. The van der Waals surface area contributed by atoms with Crippen LogP contribution in [-0.2, 0) is 0 Å². The Kier molecular flexibility index (Phi) is 15.0. The van der Waals surface area contributed by atoms with Gasteiger partial charge in [0, 0.05) is 6.61 Å². The van der Waals surface area contributed by atoms with Crippen molar-refractivity contribution in [3.05, 3.63) is 13.2 Å². The van der Waals surface area contributed by atoms with Gasteiger partial charge >= 0.3 is 0 Å². The quantitative estimate of drug-likeness (QED) is 0.610. The zero-order valence-electron chi connectivity index (χ0n) is 7.97. The molecule has 0 aromatic carbocycles. The lowest BCUT2D eigenvalue weighted by Crippen LogP contribution is -2.04. The van der Waals surface area contributed by atoms with E-state index in [9.17, 15) is 0 Å². The summed E-state index contributed by atoms with van der Waals surface area (Å²) in [7, 11) is 0. The summed E-state index contributed by atoms with van der Waals surface area (Å²) in [4.78, 5) is 0. The van der Waals surface area contributed by atoms with Gasteiger partial charge in [-0.2, -0.15) is 0 Å². The van der Waals surface area contributed by atoms with Gasteiger partial charge in [-0.3, -0.25) is 0 Å². The number of aliphatic hydroxyl groups excluding tert-OH is 1. The Morgan fingerprint density at radius 2 is 1.45 bits per heavy atom. The molecule has 0 aliphatic carbocycles. The van der Waals surface area contributed by atoms with Gasteiger partial charge in [-0.15, -0.1) is 13.2 Å². The van der Waals surface area contributed by atoms with E-state index in [0.29, 0.717) is 12.5 Å². The van der Waals surface area contributed by atoms with Gasteiger partial charge in [-0.25, -0.2) is 0 Å². The van der Waals surface area contributed by atoms with Gasteiger partial charge in [-0.1, -0.05) is 26.7 Å². The first kappa shape index (κ1) is 13.3. The first-order valence-corrected chi connectivity index (χ1v) is 4.46. The Balaban J connectivity index is 0. The maximum absolute atomic E-state index is 8.79. The Hall–Kier alpha value is -0.300. The third-order valence-electron chi connectivity index (χ3n) is 1.65. The van der Waals surface area contributed by atoms with Crippen LogP contribution in [0.25, 0.3) is 0 Å². The molecule has 0 fully saturated rings. The molecule has 0 aromatic rings. The standard InChI is InChI=1S/C8H18O.C2H4/c1-3-5-8(7-9)6-4-2;1-2/h8-9H,3-7H2,1-2H3;1-2H2. The highest BCUT2D eigenvalue weighted by atomic mass is 16.3. The SMILES string of the molecule is C=C.CCCC(CO)CCC. The summed E-state index contributed by atoms with van der Waals surface area (Å²) in [6.07, 6.45) is 4.77. The van der Waals surface area contributed by atoms with E-state index in [0.717, 1.165) is 0 Å². The van der Waals surface area contributed by atoms with Crippen molar-refractivity contribution >= 4 is 0 Å². The van der Waals surface area contributed by atoms with Crippen molar-refractivity contribution in [1.29, 1.82) is 0 Å². The molecule has 0 saturated carbocycles. The Bertz CT molecular complexity index is 55.9. The molecule has 1 heteroatoms. The van der Waals surface area contributed by atoms with Crippen LogP contribution < -0.4 is 0 Å². The zero-order chi connectivity index (χ0) is 9.11. The van der Waals surface area contributed by atoms with Crippen LogP contribution in [-0.4, -0.2) is 11.7 Å². The summed E-state index contributed by atoms with van der Waals surface area (Å²) in [5.41, 5.74) is 0. The van der Waals surface area contributed by atoms with Gasteiger partial charge in [0.1, 0.15) is 0 Å². The molecule has 0 aliphatic heterocycles. The van der Waals surface area contributed by atoms with Crippen molar-refractivity contribution in [2.45, 2.75) is 39.5 Å². The van der Waals surface area contributed by atoms with E-state index in [1.165, 1.54) is 25.7 Å². The van der Waals surface area contributed by atoms with Crippen molar-refractivity contribution in [1.82, 2.24) is 0 Å². The van der Waals surface area contributed by atoms with Gasteiger partial charge in [0.25, 0.3) is 0 Å². The Morgan fingerprint density at radius 3 is 1.64 bits per heavy atom. The van der Waals surface area contributed by atoms with Crippen LogP contribution in [0.1, 0.15) is 39.5 Å². The molecule has 11 heavy (non-hydrogen) atoms. The summed E-state index contributed by atoms with van der Waals surface area (Å²) in [5.74, 6) is 0.569. The monoisotopic (exact) mass is 158 g/mol. The first-order chi connectivity index (χ1) is 5.35. The molecule has 1 nitrogen and oxygen atoms in total. The second-order valence-corrected chi connectivity index (χ2v) is 2.63. The third kappa shape index (κ3) is 9.70. The molecule has 0 amide bonds. The van der Waals surface area contributed by atoms with E-state index in [-0.39, 0.29) is 0 Å². The molecule has 0 rings (SSSR count). The highest BCUT2D eigenvalue weighted by Crippen LogP contribution is 2.11. The van der Waals surface area contributed by atoms with Crippen molar-refractivity contribution < 1.29 is 5.11 Å². The lowest BCUT2D eigenvalue weighted by molar-refractivity contribution is 0.209. The predicted molar refractivity (Wildman–Crippen MR) is 51.6 cm³/mol. The van der Waals surface area contributed by atoms with Crippen LogP contribution in [0.4, 0.5) is 0 Å². The molecule has 0 aliphatic rings. The van der Waals surface area contributed by atoms with Gasteiger partial charge < -0.3 is 5.11 Å². The van der Waals surface area contributed by atoms with E-state index >= 15 is 0 Å². The minimum atomic E-state index is 0.377. The zero-order valence-corrected chi connectivity index (χ0v) is 7.97. The van der Waals surface area contributed by atoms with Gasteiger partial charge in [0.05, 0.1) is 0 Å². The molecule has 0 bridgehead atoms. The number of hydrogen-bond donors (Lipinski definition) is 1. The molecule has 0 atom stereocenters. The van der Waals surface area contributed by atoms with Crippen molar-refractivity contribution in [2.24, 2.45) is 5.92 Å². The fourth-order valence-corrected chi connectivity index (χ4v) is 1.14. The maximum atomic E-state index is 8.79. The van der Waals surface area contributed by atoms with E-state index in [2.05, 4.69) is 27.0 Å². The number of aliphatic hydroxyl groups is 1. The Labute approximate surface area is 71.1 Å². The minimum Gasteiger partial charge on any atom is -0.396 e. The van der Waals surface area contributed by atoms with Crippen LogP contribution in [0.3, 0.4) is 0 Å². The van der Waals surface area contributed by atoms with Crippen molar-refractivity contribution in [3.8, 4) is 0 Å². The maximum Gasteiger partial charge on any atom is 0.0459 e. The summed E-state index contributed by atoms with van der Waals surface area (Å²) < 4.78 is 0. The summed E-state index contributed by atoms with van der Waals surface area (Å²) >= 11 is 0. The van der Waals surface area contributed by atoms with Gasteiger partial charge in [0.15, 0.2) is 0 Å². The van der Waals surface area contributed by atoms with Crippen LogP contribution >= 0.6 is 0 Å². The number of rotatable bonds is 5. The highest BCUT2D eigenvalue weighted by Gasteiger charge is 2.02. The highest BCUT2D eigenvalue weighted by molar-refractivity contribution is 4.54. The molecule has 0 unspecified atom stereocenters. The molecule has 0 radical (unpaired) electrons. The second-order valence-electron chi connectivity index (χ2n) is 2.63. The largest absolute Gasteiger partial charge is 0.396 e. The average Bonchev–Trinajstić information content (AvgIpc) is 2.08. The molecule has 0 saturated heterocycles. The van der Waals surface area contributed by atoms with E-state index in [4.69, 9.17) is 5.11 Å². The molecule has 0 heterocycles. The van der Waals surface area contributed by atoms with Gasteiger partial charge in [-0.05, 0) is 18.8 Å². The second kappa shape index (κ2) is 12.4. The lowest BCUT2D eigenvalue weighted by Gasteiger charge is -2.09. The topological polar surface area (TPSA) is 20.2 Å². The van der Waals surface area contributed by atoms with Crippen LogP contribution in [0, 0.1) is 5.92 Å². The van der Waals surface area contributed by atoms with Crippen LogP contribution in [0.2, 0.25) is 0 Å². The summed E-state index contributed by atoms with van der Waals surface area (Å²) in [6, 6.07) is 0. The van der Waals surface area contributed by atoms with Crippen molar-refractivity contribution in [2.75, 3.05) is 6.61 Å². The normalized spacial score (nSPS) is 9.09. The number of hydrogen-bond acceptors (Lipinski definition) is 1. The first-order valence-electron chi connectivity index (χ1n) is 4.46. The molecular weight excluding hydrogens is 136 g/mol. The summed E-state index contributed by atoms with van der Waals surface area (Å²) in [5, 5.41) is 8.79. The molecule has 0 spiro atoms. The van der Waals surface area contributed by atoms with E-state index in [1.54, 1.807) is 0 Å². The fraction of sp³-hybridized carbons (Fsp3) is 0.800. The van der Waals surface area contributed by atoms with Gasteiger partial charge in [0.2, 0.25) is 0 Å². The van der Waals surface area contributed by atoms with Crippen LogP contribution in [0.5, 0.6) is 0 Å². The van der Waals surface area contributed by atoms with E-state index in [1.807, 2.05) is 0 Å². The molecule has 1 N–H and O–H groups in total.